The molecule has 0 aromatic heterocycles. The number of carbonyl (C=O) groups is 2. The van der Waals surface area contributed by atoms with Crippen molar-refractivity contribution in [3.8, 4) is 11.8 Å². The van der Waals surface area contributed by atoms with Crippen molar-refractivity contribution in [2.24, 2.45) is 17.8 Å². The highest BCUT2D eigenvalue weighted by Gasteiger charge is 2.25. The van der Waals surface area contributed by atoms with Gasteiger partial charge in [0.05, 0.1) is 7.11 Å². The third-order valence-electron chi connectivity index (χ3n) is 5.19. The van der Waals surface area contributed by atoms with Gasteiger partial charge in [0.2, 0.25) is 0 Å². The Morgan fingerprint density at radius 3 is 2.77 bits per heavy atom. The number of esters is 1. The molecule has 0 amide bonds. The van der Waals surface area contributed by atoms with Gasteiger partial charge in [-0.15, -0.1) is 11.8 Å². The minimum atomic E-state index is -0.138. The molecule has 0 saturated heterocycles. The van der Waals surface area contributed by atoms with Crippen LogP contribution in [0.15, 0.2) is 23.8 Å². The zero-order valence-corrected chi connectivity index (χ0v) is 16.8. The van der Waals surface area contributed by atoms with Gasteiger partial charge in [0.1, 0.15) is 0 Å². The second-order valence-corrected chi connectivity index (χ2v) is 7.37. The van der Waals surface area contributed by atoms with Gasteiger partial charge >= 0.3 is 5.97 Å². The highest BCUT2D eigenvalue weighted by atomic mass is 16.5. The fraction of sp³-hybridized carbons (Fsp3) is 0.652. The standard InChI is InChI=1S/C23H34O3/c1-5-6-11-19(3)22(24)16-15-20-12-9-13-21(20)17-18(2)10-7-8-14-23(25)26-4/h10,15-16,19-21H,7-9,11-14,17H2,1-4H3/b16-15+,18-10+/t19?,20?,21-/m1/s1. The normalized spacial score (nSPS) is 21.3. The summed E-state index contributed by atoms with van der Waals surface area (Å²) in [6, 6.07) is 0. The summed E-state index contributed by atoms with van der Waals surface area (Å²) in [5, 5.41) is 0. The summed E-state index contributed by atoms with van der Waals surface area (Å²) in [6.45, 7) is 5.93. The van der Waals surface area contributed by atoms with Gasteiger partial charge in [0.25, 0.3) is 0 Å². The van der Waals surface area contributed by atoms with E-state index in [4.69, 9.17) is 0 Å². The Kier molecular flexibility index (Phi) is 10.7. The molecule has 1 aliphatic carbocycles. The first-order chi connectivity index (χ1) is 12.5. The first-order valence-corrected chi connectivity index (χ1v) is 9.82. The third-order valence-corrected chi connectivity index (χ3v) is 5.19. The molecule has 0 heterocycles. The van der Waals surface area contributed by atoms with Gasteiger partial charge in [0, 0.05) is 18.8 Å². The van der Waals surface area contributed by atoms with Crippen LogP contribution < -0.4 is 0 Å². The molecule has 1 fully saturated rings. The number of unbranched alkanes of at least 4 members (excludes halogenated alkanes) is 1. The van der Waals surface area contributed by atoms with Gasteiger partial charge in [-0.3, -0.25) is 9.59 Å². The lowest BCUT2D eigenvalue weighted by Crippen LogP contribution is -2.10. The van der Waals surface area contributed by atoms with Gasteiger partial charge < -0.3 is 4.74 Å². The van der Waals surface area contributed by atoms with E-state index in [2.05, 4.69) is 35.7 Å². The molecular formula is C23H34O3. The first kappa shape index (κ1) is 22.2. The molecule has 144 valence electrons. The summed E-state index contributed by atoms with van der Waals surface area (Å²) in [4.78, 5) is 23.3. The summed E-state index contributed by atoms with van der Waals surface area (Å²) in [7, 11) is 1.43. The lowest BCUT2D eigenvalue weighted by atomic mass is 9.88. The second-order valence-electron chi connectivity index (χ2n) is 7.37. The van der Waals surface area contributed by atoms with Crippen LogP contribution in [-0.4, -0.2) is 18.9 Å². The van der Waals surface area contributed by atoms with Crippen molar-refractivity contribution in [1.82, 2.24) is 0 Å². The molecule has 0 bridgehead atoms. The molecule has 1 rings (SSSR count). The number of allylic oxidation sites excluding steroid dienone is 4. The van der Waals surface area contributed by atoms with E-state index in [-0.39, 0.29) is 17.7 Å². The van der Waals surface area contributed by atoms with Crippen LogP contribution in [0.2, 0.25) is 0 Å². The molecule has 3 atom stereocenters. The zero-order chi connectivity index (χ0) is 19.4. The number of rotatable bonds is 10. The van der Waals surface area contributed by atoms with E-state index in [0.717, 1.165) is 19.3 Å². The summed E-state index contributed by atoms with van der Waals surface area (Å²) >= 11 is 0. The summed E-state index contributed by atoms with van der Waals surface area (Å²) in [5.74, 6) is 7.00. The predicted molar refractivity (Wildman–Crippen MR) is 106 cm³/mol. The van der Waals surface area contributed by atoms with Crippen LogP contribution in [0.4, 0.5) is 0 Å². The van der Waals surface area contributed by atoms with Gasteiger partial charge in [-0.1, -0.05) is 31.1 Å². The van der Waals surface area contributed by atoms with E-state index >= 15 is 0 Å². The lowest BCUT2D eigenvalue weighted by molar-refractivity contribution is -0.140. The van der Waals surface area contributed by atoms with E-state index in [0.29, 0.717) is 24.7 Å². The molecule has 0 aromatic rings. The summed E-state index contributed by atoms with van der Waals surface area (Å²) in [5.41, 5.74) is 1.39. The van der Waals surface area contributed by atoms with Crippen molar-refractivity contribution < 1.29 is 14.3 Å². The number of ether oxygens (including phenoxy) is 1. The van der Waals surface area contributed by atoms with Gasteiger partial charge in [-0.2, -0.15) is 0 Å². The molecule has 3 nitrogen and oxygen atoms in total. The maximum Gasteiger partial charge on any atom is 0.305 e. The molecule has 0 N–H and O–H groups in total. The van der Waals surface area contributed by atoms with Gasteiger partial charge in [-0.25, -0.2) is 0 Å². The van der Waals surface area contributed by atoms with Crippen molar-refractivity contribution in [3.05, 3.63) is 23.8 Å². The number of hydrogen-bond acceptors (Lipinski definition) is 3. The summed E-state index contributed by atoms with van der Waals surface area (Å²) in [6.07, 6.45) is 13.8. The van der Waals surface area contributed by atoms with Crippen LogP contribution in [0.25, 0.3) is 0 Å². The molecule has 1 saturated carbocycles. The molecule has 0 spiro atoms. The van der Waals surface area contributed by atoms with Crippen molar-refractivity contribution in [3.63, 3.8) is 0 Å². The summed E-state index contributed by atoms with van der Waals surface area (Å²) < 4.78 is 4.66. The van der Waals surface area contributed by atoms with Crippen molar-refractivity contribution >= 4 is 11.8 Å². The maximum atomic E-state index is 12.2. The smallest absolute Gasteiger partial charge is 0.305 e. The molecular weight excluding hydrogens is 324 g/mol. The molecule has 26 heavy (non-hydrogen) atoms. The molecule has 2 unspecified atom stereocenters. The van der Waals surface area contributed by atoms with Gasteiger partial charge in [-0.05, 0) is 63.9 Å². The zero-order valence-electron chi connectivity index (χ0n) is 16.8. The van der Waals surface area contributed by atoms with E-state index < -0.39 is 0 Å². The monoisotopic (exact) mass is 358 g/mol. The van der Waals surface area contributed by atoms with Crippen LogP contribution in [0.5, 0.6) is 0 Å². The van der Waals surface area contributed by atoms with Crippen molar-refractivity contribution in [2.75, 3.05) is 7.11 Å². The molecule has 0 aliphatic heterocycles. The third kappa shape index (κ3) is 8.52. The largest absolute Gasteiger partial charge is 0.469 e. The Balaban J connectivity index is 2.46. The van der Waals surface area contributed by atoms with E-state index in [1.807, 2.05) is 13.8 Å². The van der Waals surface area contributed by atoms with Crippen LogP contribution in [0.1, 0.15) is 72.1 Å². The second kappa shape index (κ2) is 12.5. The van der Waals surface area contributed by atoms with E-state index in [1.165, 1.54) is 31.9 Å². The minimum Gasteiger partial charge on any atom is -0.469 e. The average molecular weight is 359 g/mol. The number of methoxy groups -OCH3 is 1. The quantitative estimate of drug-likeness (QED) is 0.176. The Morgan fingerprint density at radius 1 is 1.31 bits per heavy atom. The Hall–Kier alpha value is -1.82. The van der Waals surface area contributed by atoms with Crippen LogP contribution >= 0.6 is 0 Å². The molecule has 0 radical (unpaired) electrons. The molecule has 1 aliphatic rings. The number of ketones is 1. The highest BCUT2D eigenvalue weighted by molar-refractivity contribution is 5.91. The lowest BCUT2D eigenvalue weighted by Gasteiger charge is -2.17. The minimum absolute atomic E-state index is 0.0185. The van der Waals surface area contributed by atoms with Crippen LogP contribution in [0.3, 0.4) is 0 Å². The fourth-order valence-electron chi connectivity index (χ4n) is 3.50. The maximum absolute atomic E-state index is 12.2. The van der Waals surface area contributed by atoms with Crippen molar-refractivity contribution in [2.45, 2.75) is 72.1 Å². The van der Waals surface area contributed by atoms with E-state index in [9.17, 15) is 9.59 Å². The SMILES string of the molecule is CC#CCC(C)C(=O)/C=C/C1CCC[C@@H]1C/C(C)=C/CCCC(=O)OC. The number of hydrogen-bond donors (Lipinski definition) is 0. The fourth-order valence-corrected chi connectivity index (χ4v) is 3.50. The predicted octanol–water partition coefficient (Wildman–Crippen LogP) is 5.26. The highest BCUT2D eigenvalue weighted by Crippen LogP contribution is 2.37. The number of carbonyl (C=O) groups excluding carboxylic acids is 2. The Bertz CT molecular complexity index is 574. The first-order valence-electron chi connectivity index (χ1n) is 9.82. The van der Waals surface area contributed by atoms with Crippen LogP contribution in [0, 0.1) is 29.6 Å². The average Bonchev–Trinajstić information content (AvgIpc) is 3.07. The van der Waals surface area contributed by atoms with Crippen LogP contribution in [-0.2, 0) is 14.3 Å². The molecule has 3 heteroatoms. The molecule has 0 aromatic carbocycles. The van der Waals surface area contributed by atoms with Gasteiger partial charge in [0.15, 0.2) is 5.78 Å². The van der Waals surface area contributed by atoms with Crippen molar-refractivity contribution in [1.29, 1.82) is 0 Å². The Labute approximate surface area is 159 Å². The Morgan fingerprint density at radius 2 is 2.08 bits per heavy atom. The van der Waals surface area contributed by atoms with E-state index in [1.54, 1.807) is 6.08 Å². The topological polar surface area (TPSA) is 43.4 Å².